The molecule has 1 aromatic heterocycles. The molecule has 0 radical (unpaired) electrons. The summed E-state index contributed by atoms with van der Waals surface area (Å²) in [5.74, 6) is 0.830. The number of amides is 2. The number of likely N-dealkylation sites (tertiary alicyclic amines) is 2. The van der Waals surface area contributed by atoms with E-state index in [0.29, 0.717) is 67.5 Å². The van der Waals surface area contributed by atoms with E-state index in [1.165, 1.54) is 25.6 Å². The van der Waals surface area contributed by atoms with Crippen LogP contribution in [0.5, 0.6) is 17.2 Å². The number of nitrogens with zero attached hydrogens (tertiary/aromatic N) is 3. The molecule has 2 aromatic rings. The average Bonchev–Trinajstić information content (AvgIpc) is 3.47. The van der Waals surface area contributed by atoms with Gasteiger partial charge in [-0.25, -0.2) is 4.98 Å². The third-order valence-electron chi connectivity index (χ3n) is 7.64. The highest BCUT2D eigenvalue weighted by atomic mass is 32.1. The van der Waals surface area contributed by atoms with Crippen molar-refractivity contribution in [3.63, 3.8) is 0 Å². The Balaban J connectivity index is 1.18. The highest BCUT2D eigenvalue weighted by Crippen LogP contribution is 2.41. The first-order chi connectivity index (χ1) is 18.5. The fourth-order valence-electron chi connectivity index (χ4n) is 5.46. The molecular weight excluding hydrogens is 510 g/mol. The molecule has 3 fully saturated rings. The first kappa shape index (κ1) is 26.7. The number of methoxy groups -OCH3 is 3. The summed E-state index contributed by atoms with van der Waals surface area (Å²) < 4.78 is 28.1. The minimum atomic E-state index is -0.519. The number of thiazole rings is 1. The fraction of sp³-hybridized carbons (Fsp3) is 0.593. The van der Waals surface area contributed by atoms with Gasteiger partial charge in [0.1, 0.15) is 5.69 Å². The molecule has 4 heterocycles. The van der Waals surface area contributed by atoms with Gasteiger partial charge in [-0.15, -0.1) is 11.3 Å². The van der Waals surface area contributed by atoms with E-state index in [-0.39, 0.29) is 17.7 Å². The monoisotopic (exact) mass is 545 g/mol. The predicted octanol–water partition coefficient (Wildman–Crippen LogP) is 3.56. The van der Waals surface area contributed by atoms with E-state index in [1.54, 1.807) is 19.2 Å². The van der Waals surface area contributed by atoms with Crippen molar-refractivity contribution in [2.24, 2.45) is 0 Å². The second kappa shape index (κ2) is 11.5. The summed E-state index contributed by atoms with van der Waals surface area (Å²) in [7, 11) is 4.58. The Labute approximate surface area is 226 Å². The van der Waals surface area contributed by atoms with Crippen LogP contribution in [0.1, 0.15) is 63.9 Å². The number of hydrogen-bond donors (Lipinski definition) is 0. The van der Waals surface area contributed by atoms with Gasteiger partial charge in [-0.1, -0.05) is 0 Å². The van der Waals surface area contributed by atoms with Crippen molar-refractivity contribution in [1.82, 2.24) is 14.8 Å². The zero-order chi connectivity index (χ0) is 26.7. The number of rotatable bonds is 6. The molecule has 0 atom stereocenters. The maximum atomic E-state index is 13.3. The van der Waals surface area contributed by atoms with Gasteiger partial charge in [-0.3, -0.25) is 9.59 Å². The van der Waals surface area contributed by atoms with Crippen LogP contribution in [0.2, 0.25) is 0 Å². The van der Waals surface area contributed by atoms with Crippen LogP contribution in [0.4, 0.5) is 0 Å². The Morgan fingerprint density at radius 1 is 0.921 bits per heavy atom. The van der Waals surface area contributed by atoms with Crippen molar-refractivity contribution < 1.29 is 33.3 Å². The summed E-state index contributed by atoms with van der Waals surface area (Å²) in [6, 6.07) is 3.43. The van der Waals surface area contributed by atoms with Crippen LogP contribution in [0.15, 0.2) is 17.5 Å². The van der Waals surface area contributed by atoms with Crippen LogP contribution in [-0.2, 0) is 9.47 Å². The smallest absolute Gasteiger partial charge is 0.273 e. The SMILES string of the molecule is COc1ccc(C(=O)N2CCC(c3nc(C(=O)N4CCC5(CC4)OCCCO5)cs3)CC2)c(OC)c1OC. The van der Waals surface area contributed by atoms with Gasteiger partial charge in [0.15, 0.2) is 17.3 Å². The molecule has 206 valence electrons. The highest BCUT2D eigenvalue weighted by molar-refractivity contribution is 7.09. The van der Waals surface area contributed by atoms with Crippen molar-refractivity contribution in [2.75, 3.05) is 60.7 Å². The molecule has 10 nitrogen and oxygen atoms in total. The molecule has 1 aromatic carbocycles. The third kappa shape index (κ3) is 5.19. The molecule has 1 spiro atoms. The molecule has 2 amide bonds. The molecule has 5 rings (SSSR count). The lowest BCUT2D eigenvalue weighted by atomic mass is 9.96. The molecule has 3 aliphatic heterocycles. The molecule has 0 unspecified atom stereocenters. The lowest BCUT2D eigenvalue weighted by Crippen LogP contribution is -2.51. The van der Waals surface area contributed by atoms with E-state index in [0.717, 1.165) is 37.5 Å². The van der Waals surface area contributed by atoms with Gasteiger partial charge >= 0.3 is 0 Å². The number of carbonyl (C=O) groups is 2. The van der Waals surface area contributed by atoms with Crippen molar-refractivity contribution in [3.8, 4) is 17.2 Å². The van der Waals surface area contributed by atoms with E-state index in [2.05, 4.69) is 0 Å². The number of piperidine rings is 2. The molecule has 38 heavy (non-hydrogen) atoms. The number of benzene rings is 1. The fourth-order valence-corrected chi connectivity index (χ4v) is 6.43. The summed E-state index contributed by atoms with van der Waals surface area (Å²) >= 11 is 1.53. The van der Waals surface area contributed by atoms with Crippen LogP contribution in [0.25, 0.3) is 0 Å². The van der Waals surface area contributed by atoms with E-state index < -0.39 is 5.79 Å². The van der Waals surface area contributed by atoms with Crippen molar-refractivity contribution >= 4 is 23.2 Å². The Morgan fingerprint density at radius 3 is 2.21 bits per heavy atom. The molecule has 11 heteroatoms. The Morgan fingerprint density at radius 2 is 1.58 bits per heavy atom. The predicted molar refractivity (Wildman–Crippen MR) is 140 cm³/mol. The van der Waals surface area contributed by atoms with Gasteiger partial charge in [0.25, 0.3) is 11.8 Å². The van der Waals surface area contributed by atoms with Crippen LogP contribution < -0.4 is 14.2 Å². The average molecular weight is 546 g/mol. The summed E-state index contributed by atoms with van der Waals surface area (Å²) in [6.07, 6.45) is 3.86. The normalized spacial score (nSPS) is 19.9. The maximum absolute atomic E-state index is 13.3. The topological polar surface area (TPSA) is 99.7 Å². The van der Waals surface area contributed by atoms with Gasteiger partial charge in [0.2, 0.25) is 5.75 Å². The van der Waals surface area contributed by atoms with Crippen molar-refractivity contribution in [3.05, 3.63) is 33.8 Å². The van der Waals surface area contributed by atoms with Crippen LogP contribution in [0.3, 0.4) is 0 Å². The lowest BCUT2D eigenvalue weighted by Gasteiger charge is -2.43. The highest BCUT2D eigenvalue weighted by Gasteiger charge is 2.40. The van der Waals surface area contributed by atoms with Gasteiger partial charge in [-0.2, -0.15) is 0 Å². The van der Waals surface area contributed by atoms with Gasteiger partial charge in [0.05, 0.1) is 45.1 Å². The minimum Gasteiger partial charge on any atom is -0.493 e. The molecule has 3 aliphatic rings. The van der Waals surface area contributed by atoms with Crippen molar-refractivity contribution in [2.45, 2.75) is 43.8 Å². The lowest BCUT2D eigenvalue weighted by molar-refractivity contribution is -0.281. The van der Waals surface area contributed by atoms with Crippen LogP contribution in [-0.4, -0.2) is 93.1 Å². The second-order valence-electron chi connectivity index (χ2n) is 9.77. The van der Waals surface area contributed by atoms with Gasteiger partial charge < -0.3 is 33.5 Å². The number of aromatic nitrogens is 1. The summed E-state index contributed by atoms with van der Waals surface area (Å²) in [4.78, 5) is 34.9. The summed E-state index contributed by atoms with van der Waals surface area (Å²) in [5.41, 5.74) is 0.943. The largest absolute Gasteiger partial charge is 0.493 e. The van der Waals surface area contributed by atoms with E-state index in [9.17, 15) is 9.59 Å². The van der Waals surface area contributed by atoms with Crippen LogP contribution >= 0.6 is 11.3 Å². The number of hydrogen-bond acceptors (Lipinski definition) is 9. The number of carbonyl (C=O) groups excluding carboxylic acids is 2. The molecular formula is C27H35N3O7S. The van der Waals surface area contributed by atoms with Gasteiger partial charge in [-0.05, 0) is 31.4 Å². The van der Waals surface area contributed by atoms with Crippen LogP contribution in [0, 0.1) is 0 Å². The quantitative estimate of drug-likeness (QED) is 0.544. The Bertz CT molecular complexity index is 1150. The second-order valence-corrected chi connectivity index (χ2v) is 10.7. The first-order valence-electron chi connectivity index (χ1n) is 13.1. The minimum absolute atomic E-state index is 0.0358. The summed E-state index contributed by atoms with van der Waals surface area (Å²) in [6.45, 7) is 3.83. The Hall–Kier alpha value is -2.89. The van der Waals surface area contributed by atoms with E-state index in [4.69, 9.17) is 28.7 Å². The van der Waals surface area contributed by atoms with E-state index >= 15 is 0 Å². The molecule has 0 aliphatic carbocycles. The third-order valence-corrected chi connectivity index (χ3v) is 8.65. The molecule has 0 N–H and O–H groups in total. The Kier molecular flexibility index (Phi) is 8.06. The maximum Gasteiger partial charge on any atom is 0.273 e. The van der Waals surface area contributed by atoms with E-state index in [1.807, 2.05) is 15.2 Å². The summed E-state index contributed by atoms with van der Waals surface area (Å²) in [5, 5.41) is 2.82. The number of ether oxygens (including phenoxy) is 5. The zero-order valence-corrected chi connectivity index (χ0v) is 23.0. The van der Waals surface area contributed by atoms with Gasteiger partial charge in [0, 0.05) is 50.3 Å². The van der Waals surface area contributed by atoms with Crippen molar-refractivity contribution in [1.29, 1.82) is 0 Å². The zero-order valence-electron chi connectivity index (χ0n) is 22.2. The molecule has 0 saturated carbocycles. The standard InChI is InChI=1S/C27H35N3O7S/c1-33-21-6-5-19(22(34-2)23(21)35-3)25(31)29-11-7-18(8-12-29)24-28-20(17-38-24)26(32)30-13-9-27(10-14-30)36-15-4-16-37-27/h5-6,17-18H,4,7-16H2,1-3H3. The molecule has 3 saturated heterocycles. The first-order valence-corrected chi connectivity index (χ1v) is 14.0. The molecule has 0 bridgehead atoms.